The predicted molar refractivity (Wildman–Crippen MR) is 95.2 cm³/mol. The van der Waals surface area contributed by atoms with E-state index in [9.17, 15) is 13.2 Å². The van der Waals surface area contributed by atoms with Crippen LogP contribution in [0.3, 0.4) is 0 Å². The normalized spacial score (nSPS) is 15.6. The number of aromatic amines is 1. The second-order valence-corrected chi connectivity index (χ2v) is 7.07. The molecule has 5 nitrogen and oxygen atoms in total. The van der Waals surface area contributed by atoms with Crippen LogP contribution >= 0.6 is 0 Å². The maximum absolute atomic E-state index is 13.2. The molecule has 0 unspecified atom stereocenters. The Morgan fingerprint density at radius 2 is 2.00 bits per heavy atom. The zero-order valence-corrected chi connectivity index (χ0v) is 14.5. The molecule has 27 heavy (non-hydrogen) atoms. The summed E-state index contributed by atoms with van der Waals surface area (Å²) in [5.41, 5.74) is 3.22. The van der Waals surface area contributed by atoms with Gasteiger partial charge in [-0.05, 0) is 56.0 Å². The summed E-state index contributed by atoms with van der Waals surface area (Å²) in [6, 6.07) is 6.49. The summed E-state index contributed by atoms with van der Waals surface area (Å²) in [4.78, 5) is 3.95. The van der Waals surface area contributed by atoms with Gasteiger partial charge >= 0.3 is 6.18 Å². The van der Waals surface area contributed by atoms with E-state index >= 15 is 0 Å². The Labute approximate surface area is 152 Å². The van der Waals surface area contributed by atoms with Gasteiger partial charge in [0.25, 0.3) is 0 Å². The van der Waals surface area contributed by atoms with Crippen LogP contribution in [0.2, 0.25) is 0 Å². The van der Waals surface area contributed by atoms with Gasteiger partial charge in [0.15, 0.2) is 0 Å². The first-order valence-corrected chi connectivity index (χ1v) is 8.82. The Morgan fingerprint density at radius 3 is 2.70 bits per heavy atom. The molecule has 0 saturated heterocycles. The molecule has 3 aromatic heterocycles. The lowest BCUT2D eigenvalue weighted by Crippen LogP contribution is -2.19. The van der Waals surface area contributed by atoms with Crippen molar-refractivity contribution >= 4 is 21.9 Å². The molecule has 1 fully saturated rings. The van der Waals surface area contributed by atoms with Gasteiger partial charge in [0.05, 0.1) is 23.4 Å². The van der Waals surface area contributed by atoms with Crippen LogP contribution in [0, 0.1) is 6.92 Å². The molecule has 5 rings (SSSR count). The summed E-state index contributed by atoms with van der Waals surface area (Å²) in [7, 11) is 0. The molecule has 1 aromatic carbocycles. The first kappa shape index (κ1) is 16.3. The summed E-state index contributed by atoms with van der Waals surface area (Å²) in [6.07, 6.45) is 0.266. The standard InChI is InChI=1S/C19H16F3N5/c1-10-7-11(8-12-9-23-25-16(10)12)18-17-14(26-27(18)13-3-2-4-13)5-6-15(24-17)19(20,21)22/h5-9,13H,2-4H2,1H3,(H,23,25). The molecule has 4 aromatic rings. The lowest BCUT2D eigenvalue weighted by Gasteiger charge is -2.27. The van der Waals surface area contributed by atoms with Crippen molar-refractivity contribution in [3.05, 3.63) is 41.7 Å². The molecule has 3 heterocycles. The number of hydrogen-bond donors (Lipinski definition) is 1. The molecule has 138 valence electrons. The number of nitrogens with one attached hydrogen (secondary N) is 1. The highest BCUT2D eigenvalue weighted by Gasteiger charge is 2.34. The average Bonchev–Trinajstić information content (AvgIpc) is 3.15. The van der Waals surface area contributed by atoms with E-state index in [-0.39, 0.29) is 6.04 Å². The van der Waals surface area contributed by atoms with Crippen LogP contribution in [0.4, 0.5) is 13.2 Å². The Kier molecular flexibility index (Phi) is 3.35. The van der Waals surface area contributed by atoms with Gasteiger partial charge in [-0.15, -0.1) is 0 Å². The minimum Gasteiger partial charge on any atom is -0.278 e. The SMILES string of the molecule is Cc1cc(-c2c3nc(C(F)(F)F)ccc3nn2C2CCC2)cc2cn[nH]c12. The zero-order chi connectivity index (χ0) is 18.8. The van der Waals surface area contributed by atoms with Crippen molar-refractivity contribution in [2.45, 2.75) is 38.4 Å². The van der Waals surface area contributed by atoms with Gasteiger partial charge in [0, 0.05) is 10.9 Å². The van der Waals surface area contributed by atoms with Gasteiger partial charge in [-0.25, -0.2) is 4.98 Å². The number of nitrogens with zero attached hydrogens (tertiary/aromatic N) is 4. The first-order chi connectivity index (χ1) is 12.9. The quantitative estimate of drug-likeness (QED) is 0.538. The summed E-state index contributed by atoms with van der Waals surface area (Å²) in [6.45, 7) is 1.95. The molecule has 1 aliphatic carbocycles. The lowest BCUT2D eigenvalue weighted by molar-refractivity contribution is -0.140. The number of H-pyrrole nitrogens is 1. The van der Waals surface area contributed by atoms with Gasteiger partial charge in [0.2, 0.25) is 0 Å². The van der Waals surface area contributed by atoms with Crippen molar-refractivity contribution in [1.29, 1.82) is 0 Å². The maximum Gasteiger partial charge on any atom is 0.433 e. The molecular weight excluding hydrogens is 355 g/mol. The molecule has 0 aliphatic heterocycles. The van der Waals surface area contributed by atoms with E-state index in [1.807, 2.05) is 23.7 Å². The van der Waals surface area contributed by atoms with Crippen LogP contribution in [0.1, 0.15) is 36.6 Å². The Bertz CT molecular complexity index is 1170. The number of hydrogen-bond acceptors (Lipinski definition) is 3. The van der Waals surface area contributed by atoms with E-state index in [0.29, 0.717) is 16.7 Å². The number of aromatic nitrogens is 5. The Morgan fingerprint density at radius 1 is 1.19 bits per heavy atom. The molecule has 8 heteroatoms. The van der Waals surface area contributed by atoms with Crippen LogP contribution < -0.4 is 0 Å². The van der Waals surface area contributed by atoms with E-state index in [0.717, 1.165) is 47.4 Å². The topological polar surface area (TPSA) is 59.4 Å². The van der Waals surface area contributed by atoms with Crippen molar-refractivity contribution in [2.24, 2.45) is 0 Å². The number of alkyl halides is 3. The van der Waals surface area contributed by atoms with Gasteiger partial charge in [-0.2, -0.15) is 23.4 Å². The first-order valence-electron chi connectivity index (χ1n) is 8.82. The molecule has 0 atom stereocenters. The van der Waals surface area contributed by atoms with E-state index in [4.69, 9.17) is 0 Å². The van der Waals surface area contributed by atoms with Crippen LogP contribution in [0.25, 0.3) is 33.2 Å². The summed E-state index contributed by atoms with van der Waals surface area (Å²) >= 11 is 0. The van der Waals surface area contributed by atoms with Crippen molar-refractivity contribution in [2.75, 3.05) is 0 Å². The molecule has 0 radical (unpaired) electrons. The fraction of sp³-hybridized carbons (Fsp3) is 0.316. The second-order valence-electron chi connectivity index (χ2n) is 7.07. The Balaban J connectivity index is 1.81. The molecule has 0 amide bonds. The largest absolute Gasteiger partial charge is 0.433 e. The van der Waals surface area contributed by atoms with Crippen LogP contribution in [-0.4, -0.2) is 25.0 Å². The summed E-state index contributed by atoms with van der Waals surface area (Å²) < 4.78 is 41.5. The highest BCUT2D eigenvalue weighted by atomic mass is 19.4. The number of halogens is 3. The molecule has 1 aliphatic rings. The third kappa shape index (κ3) is 2.50. The minimum atomic E-state index is -4.49. The van der Waals surface area contributed by atoms with Crippen molar-refractivity contribution in [3.63, 3.8) is 0 Å². The fourth-order valence-corrected chi connectivity index (χ4v) is 3.68. The van der Waals surface area contributed by atoms with Crippen molar-refractivity contribution < 1.29 is 13.2 Å². The van der Waals surface area contributed by atoms with Gasteiger partial charge in [-0.1, -0.05) is 0 Å². The Hall–Kier alpha value is -2.90. The number of benzene rings is 1. The smallest absolute Gasteiger partial charge is 0.278 e. The molecule has 0 bridgehead atoms. The second kappa shape index (κ2) is 5.55. The lowest BCUT2D eigenvalue weighted by atomic mass is 9.92. The fourth-order valence-electron chi connectivity index (χ4n) is 3.68. The van der Waals surface area contributed by atoms with E-state index in [1.54, 1.807) is 6.20 Å². The van der Waals surface area contributed by atoms with Gasteiger partial charge < -0.3 is 0 Å². The van der Waals surface area contributed by atoms with Gasteiger partial charge in [-0.3, -0.25) is 9.78 Å². The minimum absolute atomic E-state index is 0.198. The van der Waals surface area contributed by atoms with E-state index in [1.165, 1.54) is 6.07 Å². The number of pyridine rings is 1. The number of rotatable bonds is 2. The van der Waals surface area contributed by atoms with Crippen LogP contribution in [0.5, 0.6) is 0 Å². The maximum atomic E-state index is 13.2. The monoisotopic (exact) mass is 371 g/mol. The highest BCUT2D eigenvalue weighted by molar-refractivity contribution is 5.94. The molecular formula is C19H16F3N5. The average molecular weight is 371 g/mol. The van der Waals surface area contributed by atoms with Gasteiger partial charge in [0.1, 0.15) is 16.7 Å². The van der Waals surface area contributed by atoms with E-state index < -0.39 is 11.9 Å². The van der Waals surface area contributed by atoms with Crippen molar-refractivity contribution in [3.8, 4) is 11.3 Å². The summed E-state index contributed by atoms with van der Waals surface area (Å²) in [5.74, 6) is 0. The third-order valence-electron chi connectivity index (χ3n) is 5.27. The predicted octanol–water partition coefficient (Wildman–Crippen LogP) is 5.03. The van der Waals surface area contributed by atoms with Crippen LogP contribution in [-0.2, 0) is 6.18 Å². The highest BCUT2D eigenvalue weighted by Crippen LogP contribution is 2.40. The molecule has 1 N–H and O–H groups in total. The number of fused-ring (bicyclic) bond motifs is 2. The third-order valence-corrected chi connectivity index (χ3v) is 5.27. The van der Waals surface area contributed by atoms with Crippen molar-refractivity contribution in [1.82, 2.24) is 25.0 Å². The summed E-state index contributed by atoms with van der Waals surface area (Å²) in [5, 5.41) is 12.5. The van der Waals surface area contributed by atoms with Crippen LogP contribution in [0.15, 0.2) is 30.5 Å². The molecule has 1 saturated carbocycles. The number of aryl methyl sites for hydroxylation is 1. The van der Waals surface area contributed by atoms with E-state index in [2.05, 4.69) is 20.3 Å². The zero-order valence-electron chi connectivity index (χ0n) is 14.5. The molecule has 0 spiro atoms.